The van der Waals surface area contributed by atoms with Crippen LogP contribution in [0.25, 0.3) is 11.2 Å². The fourth-order valence-corrected chi connectivity index (χ4v) is 2.47. The molecule has 2 aromatic heterocycles. The van der Waals surface area contributed by atoms with Gasteiger partial charge in [-0.2, -0.15) is 12.6 Å². The van der Waals surface area contributed by atoms with E-state index in [1.165, 1.54) is 0 Å². The Hall–Kier alpha value is -0.750. The maximum absolute atomic E-state index is 4.34. The van der Waals surface area contributed by atoms with Crippen LogP contribution in [0.1, 0.15) is 13.8 Å². The summed E-state index contributed by atoms with van der Waals surface area (Å²) in [5, 5.41) is 0.956. The first-order chi connectivity index (χ1) is 7.62. The molecule has 0 saturated carbocycles. The topological polar surface area (TPSA) is 54.5 Å². The Morgan fingerprint density at radius 2 is 2.19 bits per heavy atom. The zero-order valence-corrected chi connectivity index (χ0v) is 11.0. The Labute approximate surface area is 104 Å². The second-order valence-electron chi connectivity index (χ2n) is 4.39. The molecule has 0 aliphatic rings. The fourth-order valence-electron chi connectivity index (χ4n) is 1.16. The summed E-state index contributed by atoms with van der Waals surface area (Å²) in [4.78, 5) is 15.5. The maximum atomic E-state index is 4.34. The third-order valence-corrected chi connectivity index (χ3v) is 4.58. The second-order valence-corrected chi connectivity index (χ2v) is 5.67. The van der Waals surface area contributed by atoms with Gasteiger partial charge in [0.2, 0.25) is 0 Å². The molecule has 0 aromatic carbocycles. The molecule has 0 aliphatic carbocycles. The van der Waals surface area contributed by atoms with Crippen molar-refractivity contribution >= 4 is 35.6 Å². The Kier molecular flexibility index (Phi) is 3.39. The Morgan fingerprint density at radius 3 is 2.94 bits per heavy atom. The first kappa shape index (κ1) is 11.7. The molecule has 2 aromatic rings. The number of nitrogens with one attached hydrogen (secondary N) is 1. The number of thiol groups is 1. The van der Waals surface area contributed by atoms with Crippen LogP contribution in [0.2, 0.25) is 0 Å². The van der Waals surface area contributed by atoms with Crippen LogP contribution in [0, 0.1) is 5.41 Å². The van der Waals surface area contributed by atoms with Gasteiger partial charge in [0.1, 0.15) is 16.9 Å². The van der Waals surface area contributed by atoms with Crippen LogP contribution in [0.15, 0.2) is 17.7 Å². The van der Waals surface area contributed by atoms with Crippen LogP contribution >= 0.6 is 24.4 Å². The molecular weight excluding hydrogens is 240 g/mol. The number of imidazole rings is 1. The van der Waals surface area contributed by atoms with Crippen molar-refractivity contribution in [1.82, 2.24) is 19.9 Å². The number of fused-ring (bicyclic) bond motifs is 1. The molecular formula is C10H14N4S2. The quantitative estimate of drug-likeness (QED) is 0.500. The molecule has 0 bridgehead atoms. The number of hydrogen-bond donors (Lipinski definition) is 2. The summed E-state index contributed by atoms with van der Waals surface area (Å²) in [6.45, 7) is 4.39. The third kappa shape index (κ3) is 2.49. The molecule has 0 aliphatic heterocycles. The Bertz CT molecular complexity index is 480. The van der Waals surface area contributed by atoms with E-state index in [1.807, 2.05) is 0 Å². The van der Waals surface area contributed by atoms with Crippen molar-refractivity contribution in [3.05, 3.63) is 12.7 Å². The summed E-state index contributed by atoms with van der Waals surface area (Å²) in [7, 11) is 0. The highest BCUT2D eigenvalue weighted by Crippen LogP contribution is 2.29. The normalized spacial score (nSPS) is 12.2. The lowest BCUT2D eigenvalue weighted by molar-refractivity contribution is 0.493. The molecule has 4 nitrogen and oxygen atoms in total. The summed E-state index contributed by atoms with van der Waals surface area (Å²) >= 11 is 6.06. The van der Waals surface area contributed by atoms with Gasteiger partial charge in [-0.3, -0.25) is 0 Å². The van der Waals surface area contributed by atoms with E-state index in [0.717, 1.165) is 27.7 Å². The maximum Gasteiger partial charge on any atom is 0.181 e. The van der Waals surface area contributed by atoms with Crippen molar-refractivity contribution in [2.24, 2.45) is 5.41 Å². The van der Waals surface area contributed by atoms with Gasteiger partial charge in [-0.05, 0) is 11.2 Å². The van der Waals surface area contributed by atoms with Gasteiger partial charge >= 0.3 is 0 Å². The molecule has 0 unspecified atom stereocenters. The van der Waals surface area contributed by atoms with E-state index in [0.29, 0.717) is 0 Å². The summed E-state index contributed by atoms with van der Waals surface area (Å²) < 4.78 is 0. The number of H-pyrrole nitrogens is 1. The van der Waals surface area contributed by atoms with E-state index < -0.39 is 0 Å². The molecule has 2 heterocycles. The van der Waals surface area contributed by atoms with Crippen LogP contribution in [0.5, 0.6) is 0 Å². The smallest absolute Gasteiger partial charge is 0.181 e. The molecule has 0 atom stereocenters. The molecule has 2 rings (SSSR count). The van der Waals surface area contributed by atoms with Crippen molar-refractivity contribution < 1.29 is 0 Å². The molecule has 16 heavy (non-hydrogen) atoms. The minimum Gasteiger partial charge on any atom is -0.341 e. The van der Waals surface area contributed by atoms with Gasteiger partial charge < -0.3 is 4.98 Å². The molecule has 1 N–H and O–H groups in total. The molecule has 6 heteroatoms. The molecule has 0 amide bonds. The number of rotatable bonds is 4. The predicted molar refractivity (Wildman–Crippen MR) is 70.0 cm³/mol. The minimum absolute atomic E-state index is 0.199. The van der Waals surface area contributed by atoms with Crippen LogP contribution in [-0.2, 0) is 0 Å². The molecule has 86 valence electrons. The molecule has 0 spiro atoms. The van der Waals surface area contributed by atoms with Gasteiger partial charge in [-0.15, -0.1) is 11.8 Å². The van der Waals surface area contributed by atoms with E-state index >= 15 is 0 Å². The Balaban J connectivity index is 2.18. The number of aromatic nitrogens is 4. The van der Waals surface area contributed by atoms with Gasteiger partial charge in [-0.25, -0.2) is 15.0 Å². The second kappa shape index (κ2) is 4.63. The Morgan fingerprint density at radius 1 is 1.38 bits per heavy atom. The van der Waals surface area contributed by atoms with Crippen molar-refractivity contribution in [3.63, 3.8) is 0 Å². The van der Waals surface area contributed by atoms with E-state index in [4.69, 9.17) is 0 Å². The number of thioether (sulfide) groups is 1. The van der Waals surface area contributed by atoms with Crippen LogP contribution < -0.4 is 0 Å². The minimum atomic E-state index is 0.199. The molecule has 0 radical (unpaired) electrons. The van der Waals surface area contributed by atoms with Crippen LogP contribution in [-0.4, -0.2) is 31.4 Å². The van der Waals surface area contributed by atoms with Crippen LogP contribution in [0.4, 0.5) is 0 Å². The van der Waals surface area contributed by atoms with E-state index in [1.54, 1.807) is 24.4 Å². The van der Waals surface area contributed by atoms with Crippen molar-refractivity contribution in [1.29, 1.82) is 0 Å². The highest BCUT2D eigenvalue weighted by Gasteiger charge is 2.17. The average Bonchev–Trinajstić information content (AvgIpc) is 2.75. The first-order valence-electron chi connectivity index (χ1n) is 5.00. The third-order valence-electron chi connectivity index (χ3n) is 2.22. The van der Waals surface area contributed by atoms with Crippen molar-refractivity contribution in [2.45, 2.75) is 18.9 Å². The van der Waals surface area contributed by atoms with Gasteiger partial charge in [0.05, 0.1) is 6.33 Å². The monoisotopic (exact) mass is 254 g/mol. The predicted octanol–water partition coefficient (Wildman–Crippen LogP) is 2.40. The summed E-state index contributed by atoms with van der Waals surface area (Å²) in [5.41, 5.74) is 1.84. The van der Waals surface area contributed by atoms with Gasteiger partial charge in [0.15, 0.2) is 5.65 Å². The van der Waals surface area contributed by atoms with Crippen molar-refractivity contribution in [3.8, 4) is 0 Å². The lowest BCUT2D eigenvalue weighted by atomic mass is 10.0. The van der Waals surface area contributed by atoms with Gasteiger partial charge in [-0.1, -0.05) is 13.8 Å². The highest BCUT2D eigenvalue weighted by molar-refractivity contribution is 7.99. The molecule has 0 fully saturated rings. The standard InChI is InChI=1S/C10H14N4S2/c1-10(2,3-15)4-16-9-7-8(12-5-11-7)13-6-14-9/h5-6,15H,3-4H2,1-2H3,(H,11,12,13,14). The highest BCUT2D eigenvalue weighted by atomic mass is 32.2. The van der Waals surface area contributed by atoms with Gasteiger partial charge in [0.25, 0.3) is 0 Å². The van der Waals surface area contributed by atoms with E-state index in [-0.39, 0.29) is 5.41 Å². The summed E-state index contributed by atoms with van der Waals surface area (Å²) in [5.74, 6) is 1.83. The lowest BCUT2D eigenvalue weighted by Crippen LogP contribution is -2.16. The number of nitrogens with zero attached hydrogens (tertiary/aromatic N) is 3. The zero-order valence-electron chi connectivity index (χ0n) is 9.27. The zero-order chi connectivity index (χ0) is 11.6. The van der Waals surface area contributed by atoms with Crippen molar-refractivity contribution in [2.75, 3.05) is 11.5 Å². The average molecular weight is 254 g/mol. The summed E-state index contributed by atoms with van der Waals surface area (Å²) in [6, 6.07) is 0. The lowest BCUT2D eigenvalue weighted by Gasteiger charge is -2.20. The number of aromatic amines is 1. The SMILES string of the molecule is CC(C)(CS)CSc1ncnc2nc[nH]c12. The largest absolute Gasteiger partial charge is 0.341 e. The first-order valence-corrected chi connectivity index (χ1v) is 6.62. The molecule has 0 saturated heterocycles. The number of hydrogen-bond acceptors (Lipinski definition) is 5. The van der Waals surface area contributed by atoms with Gasteiger partial charge in [0, 0.05) is 5.75 Å². The van der Waals surface area contributed by atoms with E-state index in [9.17, 15) is 0 Å². The van der Waals surface area contributed by atoms with Crippen LogP contribution in [0.3, 0.4) is 0 Å². The fraction of sp³-hybridized carbons (Fsp3) is 0.500. The van der Waals surface area contributed by atoms with E-state index in [2.05, 4.69) is 46.4 Å². The summed E-state index contributed by atoms with van der Waals surface area (Å²) in [6.07, 6.45) is 3.20.